The molecule has 4 aromatic rings. The molecule has 7 heteroatoms. The van der Waals surface area contributed by atoms with Crippen molar-refractivity contribution in [1.29, 1.82) is 0 Å². The first-order valence-electron chi connectivity index (χ1n) is 13.0. The zero-order valence-corrected chi connectivity index (χ0v) is 21.6. The van der Waals surface area contributed by atoms with Crippen molar-refractivity contribution in [2.75, 3.05) is 13.4 Å². The molecule has 0 saturated heterocycles. The predicted molar refractivity (Wildman–Crippen MR) is 149 cm³/mol. The molecule has 194 valence electrons. The van der Waals surface area contributed by atoms with Crippen LogP contribution in [0.5, 0.6) is 17.2 Å². The van der Waals surface area contributed by atoms with Crippen molar-refractivity contribution in [3.8, 4) is 28.5 Å². The van der Waals surface area contributed by atoms with Crippen molar-refractivity contribution in [1.82, 2.24) is 10.4 Å². The second-order valence-electron chi connectivity index (χ2n) is 9.39. The van der Waals surface area contributed by atoms with E-state index in [1.807, 2.05) is 72.8 Å². The molecule has 0 spiro atoms. The second kappa shape index (κ2) is 11.8. The highest BCUT2D eigenvalue weighted by atomic mass is 16.7. The summed E-state index contributed by atoms with van der Waals surface area (Å²) in [5.74, 6) is 2.14. The summed E-state index contributed by atoms with van der Waals surface area (Å²) in [7, 11) is 0. The van der Waals surface area contributed by atoms with Gasteiger partial charge < -0.3 is 14.2 Å². The van der Waals surface area contributed by atoms with E-state index in [-0.39, 0.29) is 18.6 Å². The maximum atomic E-state index is 13.2. The molecule has 1 aromatic heterocycles. The summed E-state index contributed by atoms with van der Waals surface area (Å²) < 4.78 is 16.7. The molecular weight excluding hydrogens is 478 g/mol. The van der Waals surface area contributed by atoms with Gasteiger partial charge in [0.15, 0.2) is 11.5 Å². The van der Waals surface area contributed by atoms with Crippen LogP contribution in [0.2, 0.25) is 0 Å². The summed E-state index contributed by atoms with van der Waals surface area (Å²) in [5, 5.41) is 5.03. The summed E-state index contributed by atoms with van der Waals surface area (Å²) in [5.41, 5.74) is 6.68. The molecule has 0 unspecified atom stereocenters. The number of aromatic nitrogens is 1. The Morgan fingerprint density at radius 3 is 2.84 bits per heavy atom. The summed E-state index contributed by atoms with van der Waals surface area (Å²) >= 11 is 0. The first-order valence-corrected chi connectivity index (χ1v) is 13.0. The summed E-state index contributed by atoms with van der Waals surface area (Å²) in [6.07, 6.45) is 4.58. The Morgan fingerprint density at radius 2 is 1.95 bits per heavy atom. The Bertz CT molecular complexity index is 1470. The normalized spacial score (nSPS) is 13.1. The highest BCUT2D eigenvalue weighted by Crippen LogP contribution is 2.33. The maximum absolute atomic E-state index is 13.2. The topological polar surface area (TPSA) is 82.0 Å². The highest BCUT2D eigenvalue weighted by Gasteiger charge is 2.15. The fourth-order valence-electron chi connectivity index (χ4n) is 4.37. The van der Waals surface area contributed by atoms with E-state index in [1.165, 1.54) is 0 Å². The smallest absolute Gasteiger partial charge is 0.272 e. The third kappa shape index (κ3) is 5.94. The number of carbonyl (C=O) groups is 1. The minimum atomic E-state index is -0.285. The lowest BCUT2D eigenvalue weighted by atomic mass is 10.0. The van der Waals surface area contributed by atoms with E-state index in [0.717, 1.165) is 58.5 Å². The Kier molecular flexibility index (Phi) is 7.83. The van der Waals surface area contributed by atoms with Gasteiger partial charge in [0.05, 0.1) is 23.4 Å². The number of ether oxygens (including phenoxy) is 3. The number of nitrogens with zero attached hydrogens (tertiary/aromatic N) is 2. The lowest BCUT2D eigenvalue weighted by Crippen LogP contribution is -2.19. The molecule has 1 aliphatic heterocycles. The van der Waals surface area contributed by atoms with Gasteiger partial charge in [0, 0.05) is 17.2 Å². The van der Waals surface area contributed by atoms with Crippen molar-refractivity contribution in [2.24, 2.45) is 11.0 Å². The standard InChI is InChI=1S/C31H31N3O4/c1-3-4-14-36-24-9-7-8-23(17-24)28-18-26(25-10-5-6-11-27(25)33-28)31(35)34-32-19-21(2)15-22-12-13-29-30(16-22)38-20-37-29/h5-13,16-19,21H,3-4,14-15,20H2,1-2H3,(H,34,35)/b32-19-/t21-/m1/s1. The molecule has 2 heterocycles. The van der Waals surface area contributed by atoms with E-state index in [1.54, 1.807) is 6.21 Å². The number of hydrazone groups is 1. The van der Waals surface area contributed by atoms with Gasteiger partial charge in [-0.3, -0.25) is 4.79 Å². The third-order valence-corrected chi connectivity index (χ3v) is 6.35. The first-order chi connectivity index (χ1) is 18.6. The Labute approximate surface area is 222 Å². The minimum Gasteiger partial charge on any atom is -0.494 e. The SMILES string of the molecule is CCCCOc1cccc(-c2cc(C(=O)N/N=C\[C@H](C)Cc3ccc4c(c3)OCO4)c3ccccc3n2)c1. The van der Waals surface area contributed by atoms with Crippen LogP contribution >= 0.6 is 0 Å². The number of carbonyl (C=O) groups excluding carboxylic acids is 1. The van der Waals surface area contributed by atoms with E-state index >= 15 is 0 Å². The van der Waals surface area contributed by atoms with Crippen molar-refractivity contribution in [3.63, 3.8) is 0 Å². The van der Waals surface area contributed by atoms with Gasteiger partial charge in [-0.05, 0) is 60.7 Å². The van der Waals surface area contributed by atoms with Gasteiger partial charge in [-0.2, -0.15) is 5.10 Å². The van der Waals surface area contributed by atoms with Gasteiger partial charge >= 0.3 is 0 Å². The molecule has 3 aromatic carbocycles. The van der Waals surface area contributed by atoms with Gasteiger partial charge in [-0.25, -0.2) is 10.4 Å². The van der Waals surface area contributed by atoms with Crippen molar-refractivity contribution in [3.05, 3.63) is 83.9 Å². The number of benzene rings is 3. The molecule has 1 N–H and O–H groups in total. The summed E-state index contributed by atoms with van der Waals surface area (Å²) in [4.78, 5) is 18.1. The molecule has 0 fully saturated rings. The monoisotopic (exact) mass is 509 g/mol. The van der Waals surface area contributed by atoms with E-state index in [2.05, 4.69) is 24.4 Å². The third-order valence-electron chi connectivity index (χ3n) is 6.35. The number of fused-ring (bicyclic) bond motifs is 2. The van der Waals surface area contributed by atoms with Crippen LogP contribution in [0.25, 0.3) is 22.2 Å². The number of nitrogens with one attached hydrogen (secondary N) is 1. The quantitative estimate of drug-likeness (QED) is 0.152. The fraction of sp³-hybridized carbons (Fsp3) is 0.258. The fourth-order valence-corrected chi connectivity index (χ4v) is 4.37. The van der Waals surface area contributed by atoms with Crippen LogP contribution in [0.4, 0.5) is 0 Å². The highest BCUT2D eigenvalue weighted by molar-refractivity contribution is 6.07. The minimum absolute atomic E-state index is 0.107. The number of pyridine rings is 1. The first kappa shape index (κ1) is 25.3. The molecular formula is C31H31N3O4. The maximum Gasteiger partial charge on any atom is 0.272 e. The number of hydrogen-bond donors (Lipinski definition) is 1. The molecule has 1 amide bonds. The molecule has 0 saturated carbocycles. The zero-order valence-electron chi connectivity index (χ0n) is 21.6. The zero-order chi connectivity index (χ0) is 26.3. The van der Waals surface area contributed by atoms with Crippen LogP contribution in [-0.4, -0.2) is 30.5 Å². The summed E-state index contributed by atoms with van der Waals surface area (Å²) in [6.45, 7) is 5.11. The van der Waals surface area contributed by atoms with Crippen LogP contribution in [0.1, 0.15) is 42.6 Å². The molecule has 1 atom stereocenters. The molecule has 0 aliphatic carbocycles. The number of rotatable bonds is 10. The van der Waals surface area contributed by atoms with Crippen LogP contribution < -0.4 is 19.6 Å². The van der Waals surface area contributed by atoms with Gasteiger partial charge in [0.1, 0.15) is 5.75 Å². The Hall–Kier alpha value is -4.39. The van der Waals surface area contributed by atoms with Crippen molar-refractivity contribution < 1.29 is 19.0 Å². The number of hydrogen-bond acceptors (Lipinski definition) is 6. The average molecular weight is 510 g/mol. The van der Waals surface area contributed by atoms with Crippen molar-refractivity contribution in [2.45, 2.75) is 33.1 Å². The Morgan fingerprint density at radius 1 is 1.08 bits per heavy atom. The number of amides is 1. The number of unbranched alkanes of at least 4 members (excludes halogenated alkanes) is 1. The molecule has 7 nitrogen and oxygen atoms in total. The van der Waals surface area contributed by atoms with Crippen LogP contribution in [-0.2, 0) is 6.42 Å². The van der Waals surface area contributed by atoms with Gasteiger partial charge in [0.25, 0.3) is 5.91 Å². The molecule has 0 radical (unpaired) electrons. The molecule has 0 bridgehead atoms. The van der Waals surface area contributed by atoms with E-state index in [0.29, 0.717) is 17.9 Å². The Balaban J connectivity index is 1.31. The lowest BCUT2D eigenvalue weighted by Gasteiger charge is -2.11. The van der Waals surface area contributed by atoms with Gasteiger partial charge in [0.2, 0.25) is 6.79 Å². The van der Waals surface area contributed by atoms with Gasteiger partial charge in [-0.15, -0.1) is 0 Å². The number of para-hydroxylation sites is 1. The lowest BCUT2D eigenvalue weighted by molar-refractivity contribution is 0.0956. The second-order valence-corrected chi connectivity index (χ2v) is 9.39. The molecule has 5 rings (SSSR count). The average Bonchev–Trinajstić information content (AvgIpc) is 3.41. The van der Waals surface area contributed by atoms with E-state index in [4.69, 9.17) is 19.2 Å². The van der Waals surface area contributed by atoms with Crippen LogP contribution in [0, 0.1) is 5.92 Å². The molecule has 1 aliphatic rings. The molecule has 38 heavy (non-hydrogen) atoms. The van der Waals surface area contributed by atoms with Crippen molar-refractivity contribution >= 4 is 23.0 Å². The van der Waals surface area contributed by atoms with E-state index < -0.39 is 0 Å². The van der Waals surface area contributed by atoms with Crippen LogP contribution in [0.15, 0.2) is 77.9 Å². The largest absolute Gasteiger partial charge is 0.494 e. The summed E-state index contributed by atoms with van der Waals surface area (Å²) in [6, 6.07) is 23.2. The van der Waals surface area contributed by atoms with Crippen LogP contribution in [0.3, 0.4) is 0 Å². The van der Waals surface area contributed by atoms with E-state index in [9.17, 15) is 4.79 Å². The van der Waals surface area contributed by atoms with Gasteiger partial charge in [-0.1, -0.05) is 56.7 Å². The predicted octanol–water partition coefficient (Wildman–Crippen LogP) is 6.40.